The third-order valence-electron chi connectivity index (χ3n) is 3.75. The van der Waals surface area contributed by atoms with Crippen molar-refractivity contribution in [2.75, 3.05) is 0 Å². The number of carboxylic acids is 1. The van der Waals surface area contributed by atoms with E-state index in [0.29, 0.717) is 4.67 Å². The van der Waals surface area contributed by atoms with Crippen molar-refractivity contribution in [3.63, 3.8) is 0 Å². The average Bonchev–Trinajstić information content (AvgIpc) is 2.95. The van der Waals surface area contributed by atoms with Gasteiger partial charge >= 0.3 is 29.6 Å². The van der Waals surface area contributed by atoms with Crippen LogP contribution in [-0.4, -0.2) is 44.9 Å². The summed E-state index contributed by atoms with van der Waals surface area (Å²) in [5.41, 5.74) is 0. The third kappa shape index (κ3) is 3.09. The van der Waals surface area contributed by atoms with Crippen LogP contribution in [0.4, 0.5) is 0 Å². The molecule has 0 radical (unpaired) electrons. The molecule has 0 spiro atoms. The van der Waals surface area contributed by atoms with Gasteiger partial charge in [0.25, 0.3) is 5.91 Å². The molecule has 0 aromatic carbocycles. The fourth-order valence-electron chi connectivity index (χ4n) is 2.78. The van der Waals surface area contributed by atoms with Crippen LogP contribution in [0.1, 0.15) is 24.4 Å². The molecule has 2 aliphatic heterocycles. The van der Waals surface area contributed by atoms with Gasteiger partial charge in [-0.05, 0) is 41.9 Å². The van der Waals surface area contributed by atoms with Crippen molar-refractivity contribution in [1.29, 1.82) is 0 Å². The molecule has 3 heterocycles. The summed E-state index contributed by atoms with van der Waals surface area (Å²) >= 11 is 4.43. The molecule has 1 N–H and O–H groups in total. The topological polar surface area (TPSA) is 103 Å². The van der Waals surface area contributed by atoms with Gasteiger partial charge in [0.2, 0.25) is 5.91 Å². The van der Waals surface area contributed by atoms with Crippen molar-refractivity contribution in [1.82, 2.24) is 10.2 Å². The van der Waals surface area contributed by atoms with E-state index in [1.165, 1.54) is 22.7 Å². The van der Waals surface area contributed by atoms with E-state index in [0.717, 1.165) is 0 Å². The first kappa shape index (κ1) is 18.9. The molecule has 3 rings (SSSR count). The summed E-state index contributed by atoms with van der Waals surface area (Å²) in [5.74, 6) is -2.14. The second kappa shape index (κ2) is 6.44. The minimum absolute atomic E-state index is 0. The summed E-state index contributed by atoms with van der Waals surface area (Å²) in [6.07, 6.45) is 0. The van der Waals surface area contributed by atoms with Crippen molar-refractivity contribution in [2.24, 2.45) is 0 Å². The van der Waals surface area contributed by atoms with E-state index >= 15 is 0 Å². The molecular formula is C13H12BrN2NaO5S. The van der Waals surface area contributed by atoms with Crippen molar-refractivity contribution < 1.29 is 53.5 Å². The zero-order chi connectivity index (χ0) is 16.2. The largest absolute Gasteiger partial charge is 1.00 e. The van der Waals surface area contributed by atoms with Crippen LogP contribution in [0, 0.1) is 0 Å². The monoisotopic (exact) mass is 410 g/mol. The Bertz CT molecular complexity index is 679. The Kier molecular flexibility index (Phi) is 5.28. The molecule has 23 heavy (non-hydrogen) atoms. The predicted molar refractivity (Wildman–Crippen MR) is 78.8 cm³/mol. The van der Waals surface area contributed by atoms with Gasteiger partial charge in [0, 0.05) is 4.75 Å². The first-order chi connectivity index (χ1) is 10.2. The van der Waals surface area contributed by atoms with Crippen molar-refractivity contribution in [3.05, 3.63) is 22.6 Å². The second-order valence-electron chi connectivity index (χ2n) is 5.63. The van der Waals surface area contributed by atoms with Crippen LogP contribution in [0.25, 0.3) is 0 Å². The maximum absolute atomic E-state index is 12.2. The van der Waals surface area contributed by atoms with Crippen molar-refractivity contribution >= 4 is 45.5 Å². The van der Waals surface area contributed by atoms with Gasteiger partial charge in [0.1, 0.15) is 11.4 Å². The SMILES string of the molecule is CC1(C)S[C@@H]2[C@H](NC(=O)c3ccc(Br)o3)C(=O)N2[C@H]1C(=O)[O-].[Na+]. The van der Waals surface area contributed by atoms with Gasteiger partial charge in [0.15, 0.2) is 10.4 Å². The maximum atomic E-state index is 12.2. The Morgan fingerprint density at radius 2 is 2.09 bits per heavy atom. The van der Waals surface area contributed by atoms with Gasteiger partial charge < -0.3 is 24.5 Å². The van der Waals surface area contributed by atoms with Gasteiger partial charge in [-0.15, -0.1) is 11.8 Å². The number of nitrogens with one attached hydrogen (secondary N) is 1. The quantitative estimate of drug-likeness (QED) is 0.419. The fraction of sp³-hybridized carbons (Fsp3) is 0.462. The number of hydrogen-bond donors (Lipinski definition) is 1. The first-order valence-electron chi connectivity index (χ1n) is 6.49. The summed E-state index contributed by atoms with van der Waals surface area (Å²) in [7, 11) is 0. The first-order valence-corrected chi connectivity index (χ1v) is 8.16. The van der Waals surface area contributed by atoms with Crippen LogP contribution in [-0.2, 0) is 9.59 Å². The fourth-order valence-corrected chi connectivity index (χ4v) is 4.70. The van der Waals surface area contributed by atoms with Crippen LogP contribution in [0.5, 0.6) is 0 Å². The number of hydrogen-bond acceptors (Lipinski definition) is 6. The molecule has 0 aliphatic carbocycles. The predicted octanol–water partition coefficient (Wildman–Crippen LogP) is -3.04. The number of β-lactam (4-membered cyclic amide) rings is 1. The summed E-state index contributed by atoms with van der Waals surface area (Å²) in [6, 6.07) is 1.30. The van der Waals surface area contributed by atoms with E-state index in [1.807, 2.05) is 0 Å². The summed E-state index contributed by atoms with van der Waals surface area (Å²) in [4.78, 5) is 36.8. The molecule has 2 aliphatic rings. The molecule has 118 valence electrons. The number of amides is 2. The number of aliphatic carboxylic acids is 1. The van der Waals surface area contributed by atoms with Gasteiger partial charge in [-0.2, -0.15) is 0 Å². The number of carbonyl (C=O) groups excluding carboxylic acids is 3. The van der Waals surface area contributed by atoms with Crippen molar-refractivity contribution in [3.8, 4) is 0 Å². The van der Waals surface area contributed by atoms with Crippen LogP contribution in [0.15, 0.2) is 21.2 Å². The molecular weight excluding hydrogens is 399 g/mol. The smallest absolute Gasteiger partial charge is 0.548 e. The van der Waals surface area contributed by atoms with Crippen LogP contribution < -0.4 is 40.0 Å². The van der Waals surface area contributed by atoms with E-state index < -0.39 is 40.0 Å². The molecule has 2 amide bonds. The molecule has 0 bridgehead atoms. The Labute approximate surface area is 166 Å². The molecule has 1 aromatic rings. The van der Waals surface area contributed by atoms with E-state index in [4.69, 9.17) is 4.42 Å². The summed E-state index contributed by atoms with van der Waals surface area (Å²) < 4.78 is 4.87. The Balaban J connectivity index is 0.00000192. The van der Waals surface area contributed by atoms with Gasteiger partial charge in [-0.3, -0.25) is 9.59 Å². The number of halogens is 1. The molecule has 0 saturated carbocycles. The zero-order valence-corrected chi connectivity index (χ0v) is 17.1. The van der Waals surface area contributed by atoms with E-state index in [2.05, 4.69) is 21.2 Å². The Hall–Kier alpha value is -0.480. The molecule has 0 unspecified atom stereocenters. The number of rotatable bonds is 3. The van der Waals surface area contributed by atoms with Crippen LogP contribution in [0.3, 0.4) is 0 Å². The van der Waals surface area contributed by atoms with E-state index in [1.54, 1.807) is 19.9 Å². The number of carboxylic acid groups (broad SMARTS) is 1. The summed E-state index contributed by atoms with van der Waals surface area (Å²) in [6.45, 7) is 3.48. The molecule has 7 nitrogen and oxygen atoms in total. The number of thioether (sulfide) groups is 1. The molecule has 2 saturated heterocycles. The molecule has 10 heteroatoms. The van der Waals surface area contributed by atoms with Gasteiger partial charge in [-0.1, -0.05) is 0 Å². The standard InChI is InChI=1S/C13H13BrN2O5S.Na/c1-13(2)8(12(19)20)16-10(18)7(11(16)22-13)15-9(17)5-3-4-6(14)21-5;/h3-4,7-8,11H,1-2H3,(H,15,17)(H,19,20);/q;+1/p-1/t7-,8+,11-;/m1./s1. The second-order valence-corrected chi connectivity index (χ2v) is 8.19. The Morgan fingerprint density at radius 1 is 1.43 bits per heavy atom. The number of fused-ring (bicyclic) bond motifs is 1. The molecule has 3 atom stereocenters. The third-order valence-corrected chi connectivity index (χ3v) is 5.75. The van der Waals surface area contributed by atoms with Gasteiger partial charge in [-0.25, -0.2) is 0 Å². The maximum Gasteiger partial charge on any atom is 1.00 e. The molecule has 2 fully saturated rings. The number of nitrogens with zero attached hydrogens (tertiary/aromatic N) is 1. The van der Waals surface area contributed by atoms with Gasteiger partial charge in [0.05, 0.1) is 12.0 Å². The number of furan rings is 1. The Morgan fingerprint density at radius 3 is 2.61 bits per heavy atom. The van der Waals surface area contributed by atoms with Crippen LogP contribution >= 0.6 is 27.7 Å². The number of carbonyl (C=O) groups is 3. The summed E-state index contributed by atoms with van der Waals surface area (Å²) in [5, 5.41) is 13.5. The minimum Gasteiger partial charge on any atom is -0.548 e. The minimum atomic E-state index is -1.28. The van der Waals surface area contributed by atoms with E-state index in [9.17, 15) is 19.5 Å². The van der Waals surface area contributed by atoms with Crippen LogP contribution in [0.2, 0.25) is 0 Å². The van der Waals surface area contributed by atoms with E-state index in [-0.39, 0.29) is 35.3 Å². The normalized spacial score (nSPS) is 27.7. The van der Waals surface area contributed by atoms with Crippen molar-refractivity contribution in [2.45, 2.75) is 36.1 Å². The molecule has 1 aromatic heterocycles. The zero-order valence-electron chi connectivity index (χ0n) is 12.7. The average molecular weight is 411 g/mol.